The molecule has 0 fully saturated rings. The summed E-state index contributed by atoms with van der Waals surface area (Å²) >= 11 is 5.91. The summed E-state index contributed by atoms with van der Waals surface area (Å²) in [5.74, 6) is -0.150. The van der Waals surface area contributed by atoms with Gasteiger partial charge in [0.2, 0.25) is 5.69 Å². The molecule has 0 unspecified atom stereocenters. The fourth-order valence-corrected chi connectivity index (χ4v) is 2.00. The van der Waals surface area contributed by atoms with Gasteiger partial charge in [0.05, 0.1) is 6.42 Å². The van der Waals surface area contributed by atoms with E-state index in [1.165, 1.54) is 6.20 Å². The molecule has 5 heteroatoms. The van der Waals surface area contributed by atoms with E-state index in [1.54, 1.807) is 43.4 Å². The molecule has 0 saturated heterocycles. The maximum atomic E-state index is 12.2. The van der Waals surface area contributed by atoms with Crippen molar-refractivity contribution in [1.29, 1.82) is 0 Å². The Morgan fingerprint density at radius 2 is 2.16 bits per heavy atom. The number of carbonyl (C=O) groups is 1. The lowest BCUT2D eigenvalue weighted by molar-refractivity contribution is -0.613. The van der Waals surface area contributed by atoms with E-state index in [0.717, 1.165) is 0 Å². The van der Waals surface area contributed by atoms with Gasteiger partial charge < -0.3 is 10.5 Å². The minimum Gasteiger partial charge on any atom is -0.618 e. The fourth-order valence-electron chi connectivity index (χ4n) is 1.83. The molecule has 98 valence electrons. The molecule has 19 heavy (non-hydrogen) atoms. The van der Waals surface area contributed by atoms with Crippen molar-refractivity contribution < 1.29 is 9.52 Å². The Morgan fingerprint density at radius 3 is 2.84 bits per heavy atom. The second-order valence-corrected chi connectivity index (χ2v) is 4.49. The van der Waals surface area contributed by atoms with Crippen molar-refractivity contribution in [1.82, 2.24) is 0 Å². The topological polar surface area (TPSA) is 56.0 Å². The van der Waals surface area contributed by atoms with Crippen molar-refractivity contribution in [3.05, 3.63) is 64.1 Å². The first-order chi connectivity index (χ1) is 9.11. The second kappa shape index (κ2) is 5.71. The highest BCUT2D eigenvalue weighted by Gasteiger charge is 2.16. The van der Waals surface area contributed by atoms with Gasteiger partial charge >= 0.3 is 0 Å². The van der Waals surface area contributed by atoms with Gasteiger partial charge in [-0.3, -0.25) is 4.79 Å². The van der Waals surface area contributed by atoms with Crippen molar-refractivity contribution in [3.8, 4) is 0 Å². The van der Waals surface area contributed by atoms with Crippen LogP contribution < -0.4 is 10.0 Å². The maximum Gasteiger partial charge on any atom is 0.200 e. The van der Waals surface area contributed by atoms with E-state index in [2.05, 4.69) is 5.32 Å². The molecule has 2 rings (SSSR count). The monoisotopic (exact) mass is 276 g/mol. The summed E-state index contributed by atoms with van der Waals surface area (Å²) in [7, 11) is 1.73. The van der Waals surface area contributed by atoms with E-state index in [4.69, 9.17) is 11.6 Å². The number of anilines is 1. The zero-order valence-corrected chi connectivity index (χ0v) is 11.1. The molecule has 0 saturated carbocycles. The number of rotatable bonds is 4. The number of nitrogens with zero attached hydrogens (tertiary/aromatic N) is 1. The van der Waals surface area contributed by atoms with E-state index in [9.17, 15) is 10.0 Å². The first-order valence-electron chi connectivity index (χ1n) is 5.79. The Bertz CT molecular complexity index is 614. The van der Waals surface area contributed by atoms with Crippen molar-refractivity contribution in [2.24, 2.45) is 0 Å². The molecular weight excluding hydrogens is 264 g/mol. The number of aromatic nitrogens is 1. The molecule has 2 aromatic rings. The van der Waals surface area contributed by atoms with Crippen LogP contribution in [0.15, 0.2) is 42.6 Å². The Morgan fingerprint density at radius 1 is 1.37 bits per heavy atom. The van der Waals surface area contributed by atoms with Crippen LogP contribution in [0.5, 0.6) is 0 Å². The third-order valence-electron chi connectivity index (χ3n) is 2.80. The molecule has 1 aromatic carbocycles. The molecule has 0 radical (unpaired) electrons. The molecule has 1 heterocycles. The molecule has 0 aliphatic carbocycles. The van der Waals surface area contributed by atoms with Gasteiger partial charge in [-0.1, -0.05) is 11.6 Å². The van der Waals surface area contributed by atoms with Gasteiger partial charge in [-0.15, -0.1) is 0 Å². The Labute approximate surface area is 116 Å². The van der Waals surface area contributed by atoms with Crippen LogP contribution in [0.2, 0.25) is 5.02 Å². The number of hydrogen-bond acceptors (Lipinski definition) is 3. The summed E-state index contributed by atoms with van der Waals surface area (Å²) in [6, 6.07) is 10.0. The molecular formula is C14H13ClN2O2. The third-order valence-corrected chi connectivity index (χ3v) is 3.03. The number of carbonyl (C=O) groups excluding carboxylic acids is 1. The van der Waals surface area contributed by atoms with Crippen LogP contribution in [-0.2, 0) is 6.42 Å². The zero-order valence-electron chi connectivity index (χ0n) is 10.4. The predicted octanol–water partition coefficient (Wildman–Crippen LogP) is 2.44. The molecule has 0 spiro atoms. The zero-order chi connectivity index (χ0) is 13.8. The lowest BCUT2D eigenvalue weighted by atomic mass is 10.0. The highest BCUT2D eigenvalue weighted by atomic mass is 35.5. The fraction of sp³-hybridized carbons (Fsp3) is 0.143. The minimum atomic E-state index is -0.150. The van der Waals surface area contributed by atoms with Gasteiger partial charge in [0.25, 0.3) is 0 Å². The molecule has 0 amide bonds. The highest BCUT2D eigenvalue weighted by Crippen LogP contribution is 2.21. The molecule has 1 N–H and O–H groups in total. The summed E-state index contributed by atoms with van der Waals surface area (Å²) in [6.07, 6.45) is 1.42. The molecule has 4 nitrogen and oxygen atoms in total. The van der Waals surface area contributed by atoms with Crippen molar-refractivity contribution >= 4 is 23.1 Å². The van der Waals surface area contributed by atoms with Crippen molar-refractivity contribution in [2.45, 2.75) is 6.42 Å². The molecule has 0 atom stereocenters. The lowest BCUT2D eigenvalue weighted by Crippen LogP contribution is -2.32. The summed E-state index contributed by atoms with van der Waals surface area (Å²) in [6.45, 7) is 0. The summed E-state index contributed by atoms with van der Waals surface area (Å²) in [5, 5.41) is 15.0. The molecule has 1 aromatic heterocycles. The Hall–Kier alpha value is -2.07. The van der Waals surface area contributed by atoms with Crippen LogP contribution in [0.1, 0.15) is 16.1 Å². The lowest BCUT2D eigenvalue weighted by Gasteiger charge is -2.09. The van der Waals surface area contributed by atoms with Gasteiger partial charge in [0.15, 0.2) is 12.0 Å². The first kappa shape index (κ1) is 13.4. The number of pyridine rings is 1. The highest BCUT2D eigenvalue weighted by molar-refractivity contribution is 6.31. The average Bonchev–Trinajstić information content (AvgIpc) is 2.41. The Balaban J connectivity index is 2.30. The number of ketones is 1. The van der Waals surface area contributed by atoms with Gasteiger partial charge in [-0.05, 0) is 24.3 Å². The number of halogens is 1. The van der Waals surface area contributed by atoms with Gasteiger partial charge in [0.1, 0.15) is 0 Å². The normalized spacial score (nSPS) is 10.2. The SMILES string of the molecule is CNc1ccc(Cl)cc1C(=O)Cc1cccc[n+]1[O-]. The van der Waals surface area contributed by atoms with Crippen LogP contribution >= 0.6 is 11.6 Å². The second-order valence-electron chi connectivity index (χ2n) is 4.06. The predicted molar refractivity (Wildman–Crippen MR) is 74.4 cm³/mol. The third kappa shape index (κ3) is 3.03. The van der Waals surface area contributed by atoms with Crippen LogP contribution in [0, 0.1) is 5.21 Å². The van der Waals surface area contributed by atoms with E-state index >= 15 is 0 Å². The van der Waals surface area contributed by atoms with Gasteiger partial charge in [-0.2, -0.15) is 4.73 Å². The number of hydrogen-bond donors (Lipinski definition) is 1. The average molecular weight is 277 g/mol. The van der Waals surface area contributed by atoms with Crippen LogP contribution in [0.4, 0.5) is 5.69 Å². The van der Waals surface area contributed by atoms with Crippen LogP contribution in [0.3, 0.4) is 0 Å². The van der Waals surface area contributed by atoms with E-state index in [0.29, 0.717) is 26.7 Å². The van der Waals surface area contributed by atoms with Crippen molar-refractivity contribution in [2.75, 3.05) is 12.4 Å². The number of Topliss-reactive ketones (excluding diaryl/α,β-unsaturated/α-hetero) is 1. The summed E-state index contributed by atoms with van der Waals surface area (Å²) in [5.41, 5.74) is 1.59. The molecule has 0 aliphatic heterocycles. The largest absolute Gasteiger partial charge is 0.618 e. The Kier molecular flexibility index (Phi) is 4.02. The van der Waals surface area contributed by atoms with Crippen molar-refractivity contribution in [3.63, 3.8) is 0 Å². The number of benzene rings is 1. The molecule has 0 bridgehead atoms. The standard InChI is InChI=1S/C14H13ClN2O2/c1-16-13-6-5-10(15)8-12(13)14(18)9-11-4-2-3-7-17(11)19/h2-8,16H,9H2,1H3. The van der Waals surface area contributed by atoms with Gasteiger partial charge in [-0.25, -0.2) is 0 Å². The van der Waals surface area contributed by atoms with Gasteiger partial charge in [0, 0.05) is 35.5 Å². The maximum absolute atomic E-state index is 12.2. The summed E-state index contributed by atoms with van der Waals surface area (Å²) < 4.78 is 0.696. The summed E-state index contributed by atoms with van der Waals surface area (Å²) in [4.78, 5) is 12.2. The smallest absolute Gasteiger partial charge is 0.200 e. The van der Waals surface area contributed by atoms with E-state index in [1.807, 2.05) is 0 Å². The van der Waals surface area contributed by atoms with Crippen LogP contribution in [-0.4, -0.2) is 12.8 Å². The van der Waals surface area contributed by atoms with Crippen LogP contribution in [0.25, 0.3) is 0 Å². The minimum absolute atomic E-state index is 0.0410. The number of nitrogens with one attached hydrogen (secondary N) is 1. The molecule has 0 aliphatic rings. The first-order valence-corrected chi connectivity index (χ1v) is 6.17. The quantitative estimate of drug-likeness (QED) is 0.530. The van der Waals surface area contributed by atoms with E-state index in [-0.39, 0.29) is 12.2 Å². The van der Waals surface area contributed by atoms with E-state index < -0.39 is 0 Å².